The predicted molar refractivity (Wildman–Crippen MR) is 74.5 cm³/mol. The Bertz CT molecular complexity index is 672. The zero-order chi connectivity index (χ0) is 14.7. The summed E-state index contributed by atoms with van der Waals surface area (Å²) in [6, 6.07) is 8.70. The number of ether oxygens (including phenoxy) is 3. The molecule has 0 atom stereocenters. The van der Waals surface area contributed by atoms with Gasteiger partial charge in [-0.25, -0.2) is 4.98 Å². The van der Waals surface area contributed by atoms with Gasteiger partial charge >= 0.3 is 0 Å². The third-order valence-corrected chi connectivity index (χ3v) is 3.10. The second kappa shape index (κ2) is 5.70. The number of fused-ring (bicyclic) bond motifs is 1. The average Bonchev–Trinajstić information content (AvgIpc) is 3.00. The van der Waals surface area contributed by atoms with E-state index >= 15 is 0 Å². The van der Waals surface area contributed by atoms with Crippen molar-refractivity contribution in [1.29, 1.82) is 0 Å². The van der Waals surface area contributed by atoms with Gasteiger partial charge < -0.3 is 19.5 Å². The Kier molecular flexibility index (Phi) is 3.59. The molecule has 3 rings (SSSR count). The molecule has 0 spiro atoms. The van der Waals surface area contributed by atoms with Gasteiger partial charge in [0.05, 0.1) is 7.11 Å². The van der Waals surface area contributed by atoms with E-state index in [0.29, 0.717) is 29.5 Å². The second-order valence-corrected chi connectivity index (χ2v) is 4.46. The summed E-state index contributed by atoms with van der Waals surface area (Å²) in [5, 5.41) is 2.84. The fourth-order valence-electron chi connectivity index (χ4n) is 1.99. The second-order valence-electron chi connectivity index (χ2n) is 4.46. The molecule has 0 unspecified atom stereocenters. The fraction of sp³-hybridized carbons (Fsp3) is 0.200. The van der Waals surface area contributed by atoms with Gasteiger partial charge in [-0.2, -0.15) is 0 Å². The van der Waals surface area contributed by atoms with Crippen molar-refractivity contribution in [1.82, 2.24) is 10.3 Å². The van der Waals surface area contributed by atoms with Gasteiger partial charge in [0, 0.05) is 24.4 Å². The van der Waals surface area contributed by atoms with Crippen LogP contribution in [0, 0.1) is 0 Å². The van der Waals surface area contributed by atoms with E-state index in [1.54, 1.807) is 37.6 Å². The Balaban J connectivity index is 1.66. The average molecular weight is 286 g/mol. The standard InChI is InChI=1S/C15H14N2O4/c1-19-14-6-10(4-5-16-14)8-17-15(18)11-2-3-12-13(7-11)21-9-20-12/h2-7H,8-9H2,1H3,(H,17,18). The van der Waals surface area contributed by atoms with Crippen LogP contribution in [0.5, 0.6) is 17.4 Å². The molecular weight excluding hydrogens is 272 g/mol. The number of pyridine rings is 1. The van der Waals surface area contributed by atoms with Crippen LogP contribution in [0.25, 0.3) is 0 Å². The number of hydrogen-bond donors (Lipinski definition) is 1. The molecule has 0 saturated heterocycles. The third-order valence-electron chi connectivity index (χ3n) is 3.10. The summed E-state index contributed by atoms with van der Waals surface area (Å²) in [7, 11) is 1.55. The maximum atomic E-state index is 12.1. The number of rotatable bonds is 4. The van der Waals surface area contributed by atoms with E-state index in [1.807, 2.05) is 6.07 Å². The molecule has 1 aliphatic rings. The lowest BCUT2D eigenvalue weighted by Crippen LogP contribution is -2.22. The third kappa shape index (κ3) is 2.89. The van der Waals surface area contributed by atoms with Gasteiger partial charge in [-0.3, -0.25) is 4.79 Å². The predicted octanol–water partition coefficient (Wildman–Crippen LogP) is 1.75. The molecule has 0 radical (unpaired) electrons. The summed E-state index contributed by atoms with van der Waals surface area (Å²) in [6.07, 6.45) is 1.64. The zero-order valence-corrected chi connectivity index (χ0v) is 11.5. The van der Waals surface area contributed by atoms with Crippen molar-refractivity contribution >= 4 is 5.91 Å². The summed E-state index contributed by atoms with van der Waals surface area (Å²) < 4.78 is 15.5. The van der Waals surface area contributed by atoms with Crippen molar-refractivity contribution in [3.8, 4) is 17.4 Å². The van der Waals surface area contributed by atoms with E-state index in [2.05, 4.69) is 10.3 Å². The fourth-order valence-corrected chi connectivity index (χ4v) is 1.99. The molecule has 1 aromatic carbocycles. The first-order valence-electron chi connectivity index (χ1n) is 6.43. The minimum absolute atomic E-state index is 0.177. The minimum atomic E-state index is -0.177. The Morgan fingerprint density at radius 1 is 1.29 bits per heavy atom. The number of nitrogens with one attached hydrogen (secondary N) is 1. The highest BCUT2D eigenvalue weighted by molar-refractivity contribution is 5.94. The lowest BCUT2D eigenvalue weighted by atomic mass is 10.2. The first-order chi connectivity index (χ1) is 10.3. The Morgan fingerprint density at radius 3 is 3.00 bits per heavy atom. The smallest absolute Gasteiger partial charge is 0.251 e. The van der Waals surface area contributed by atoms with Crippen molar-refractivity contribution in [3.05, 3.63) is 47.7 Å². The number of carbonyl (C=O) groups excluding carboxylic acids is 1. The molecule has 21 heavy (non-hydrogen) atoms. The first-order valence-corrected chi connectivity index (χ1v) is 6.43. The summed E-state index contributed by atoms with van der Waals surface area (Å²) in [4.78, 5) is 16.1. The van der Waals surface area contributed by atoms with Crippen LogP contribution in [-0.2, 0) is 6.54 Å². The van der Waals surface area contributed by atoms with E-state index in [-0.39, 0.29) is 12.7 Å². The lowest BCUT2D eigenvalue weighted by Gasteiger charge is -2.07. The number of benzene rings is 1. The van der Waals surface area contributed by atoms with Crippen LogP contribution in [0.1, 0.15) is 15.9 Å². The zero-order valence-electron chi connectivity index (χ0n) is 11.5. The van der Waals surface area contributed by atoms with Gasteiger partial charge in [0.15, 0.2) is 11.5 Å². The van der Waals surface area contributed by atoms with Crippen LogP contribution in [0.15, 0.2) is 36.5 Å². The highest BCUT2D eigenvalue weighted by atomic mass is 16.7. The molecule has 1 N–H and O–H groups in total. The van der Waals surface area contributed by atoms with Crippen LogP contribution in [0.3, 0.4) is 0 Å². The maximum Gasteiger partial charge on any atom is 0.251 e. The lowest BCUT2D eigenvalue weighted by molar-refractivity contribution is 0.0950. The van der Waals surface area contributed by atoms with Crippen molar-refractivity contribution in [2.24, 2.45) is 0 Å². The van der Waals surface area contributed by atoms with E-state index in [9.17, 15) is 4.79 Å². The highest BCUT2D eigenvalue weighted by Gasteiger charge is 2.16. The normalized spacial score (nSPS) is 12.0. The van der Waals surface area contributed by atoms with Crippen molar-refractivity contribution in [2.45, 2.75) is 6.54 Å². The van der Waals surface area contributed by atoms with Crippen molar-refractivity contribution in [3.63, 3.8) is 0 Å². The van der Waals surface area contributed by atoms with E-state index in [4.69, 9.17) is 14.2 Å². The number of aromatic nitrogens is 1. The van der Waals surface area contributed by atoms with Crippen LogP contribution < -0.4 is 19.5 Å². The van der Waals surface area contributed by atoms with Crippen LogP contribution in [-0.4, -0.2) is 24.8 Å². The molecule has 108 valence electrons. The number of nitrogens with zero attached hydrogens (tertiary/aromatic N) is 1. The summed E-state index contributed by atoms with van der Waals surface area (Å²) in [5.74, 6) is 1.59. The molecule has 0 bridgehead atoms. The molecular formula is C15H14N2O4. The first kappa shape index (κ1) is 13.2. The Hall–Kier alpha value is -2.76. The van der Waals surface area contributed by atoms with Gasteiger partial charge in [-0.15, -0.1) is 0 Å². The number of methoxy groups -OCH3 is 1. The van der Waals surface area contributed by atoms with E-state index in [0.717, 1.165) is 5.56 Å². The maximum absolute atomic E-state index is 12.1. The minimum Gasteiger partial charge on any atom is -0.481 e. The Labute approximate surface area is 121 Å². The van der Waals surface area contributed by atoms with E-state index < -0.39 is 0 Å². The molecule has 0 saturated carbocycles. The largest absolute Gasteiger partial charge is 0.481 e. The number of amides is 1. The monoisotopic (exact) mass is 286 g/mol. The number of hydrogen-bond acceptors (Lipinski definition) is 5. The molecule has 6 heteroatoms. The molecule has 0 fully saturated rings. The van der Waals surface area contributed by atoms with Gasteiger partial charge in [-0.05, 0) is 29.8 Å². The molecule has 1 amide bonds. The topological polar surface area (TPSA) is 69.7 Å². The van der Waals surface area contributed by atoms with Crippen molar-refractivity contribution < 1.29 is 19.0 Å². The SMILES string of the molecule is COc1cc(CNC(=O)c2ccc3c(c2)OCO3)ccn1. The van der Waals surface area contributed by atoms with Gasteiger partial charge in [-0.1, -0.05) is 0 Å². The van der Waals surface area contributed by atoms with Gasteiger partial charge in [0.1, 0.15) is 0 Å². The molecule has 1 aliphatic heterocycles. The van der Waals surface area contributed by atoms with Crippen LogP contribution >= 0.6 is 0 Å². The van der Waals surface area contributed by atoms with E-state index in [1.165, 1.54) is 0 Å². The van der Waals surface area contributed by atoms with Crippen molar-refractivity contribution in [2.75, 3.05) is 13.9 Å². The number of carbonyl (C=O) groups is 1. The molecule has 1 aromatic heterocycles. The molecule has 6 nitrogen and oxygen atoms in total. The van der Waals surface area contributed by atoms with Gasteiger partial charge in [0.25, 0.3) is 5.91 Å². The Morgan fingerprint density at radius 2 is 2.14 bits per heavy atom. The van der Waals surface area contributed by atoms with Crippen LogP contribution in [0.2, 0.25) is 0 Å². The molecule has 2 aromatic rings. The van der Waals surface area contributed by atoms with Gasteiger partial charge in [0.2, 0.25) is 12.7 Å². The highest BCUT2D eigenvalue weighted by Crippen LogP contribution is 2.32. The molecule has 2 heterocycles. The summed E-state index contributed by atoms with van der Waals surface area (Å²) in [5.41, 5.74) is 1.44. The summed E-state index contributed by atoms with van der Waals surface area (Å²) >= 11 is 0. The van der Waals surface area contributed by atoms with Crippen LogP contribution in [0.4, 0.5) is 0 Å². The summed E-state index contributed by atoms with van der Waals surface area (Å²) in [6.45, 7) is 0.587. The molecule has 0 aliphatic carbocycles. The quantitative estimate of drug-likeness (QED) is 0.927.